The number of alkyl halides is 6. The first-order chi connectivity index (χ1) is 5.34. The molecular formula is C5H4F6S. The maximum absolute atomic E-state index is 12.4. The lowest BCUT2D eigenvalue weighted by atomic mass is 10.1. The third kappa shape index (κ3) is 1.65. The zero-order valence-corrected chi connectivity index (χ0v) is 6.30. The van der Waals surface area contributed by atoms with E-state index in [9.17, 15) is 26.3 Å². The average Bonchev–Trinajstić information content (AvgIpc) is 2.05. The monoisotopic (exact) mass is 210 g/mol. The fraction of sp³-hybridized carbons (Fsp3) is 1.00. The highest BCUT2D eigenvalue weighted by Gasteiger charge is 2.58. The molecule has 4 atom stereocenters. The molecule has 0 saturated carbocycles. The van der Waals surface area contributed by atoms with Gasteiger partial charge in [-0.15, -0.1) is 0 Å². The van der Waals surface area contributed by atoms with Gasteiger partial charge in [-0.05, 0) is 0 Å². The summed E-state index contributed by atoms with van der Waals surface area (Å²) in [5, 5.41) is 0. The molecule has 72 valence electrons. The van der Waals surface area contributed by atoms with E-state index < -0.39 is 29.3 Å². The number of hydrogen-bond donors (Lipinski definition) is 0. The minimum atomic E-state index is -5.01. The predicted molar refractivity (Wildman–Crippen MR) is 31.8 cm³/mol. The summed E-state index contributed by atoms with van der Waals surface area (Å²) >= 11 is -0.265. The molecule has 1 saturated heterocycles. The summed E-state index contributed by atoms with van der Waals surface area (Å²) in [4.78, 5) is 0. The molecule has 1 heterocycles. The van der Waals surface area contributed by atoms with E-state index in [1.807, 2.05) is 0 Å². The van der Waals surface area contributed by atoms with E-state index >= 15 is 0 Å². The van der Waals surface area contributed by atoms with Gasteiger partial charge >= 0.3 is 6.18 Å². The average molecular weight is 210 g/mol. The van der Waals surface area contributed by atoms with Crippen molar-refractivity contribution in [2.75, 3.05) is 0 Å². The highest BCUT2D eigenvalue weighted by Crippen LogP contribution is 2.49. The lowest BCUT2D eigenvalue weighted by molar-refractivity contribution is -0.197. The summed E-state index contributed by atoms with van der Waals surface area (Å²) in [7, 11) is 0. The minimum absolute atomic E-state index is 0.265. The largest absolute Gasteiger partial charge is 0.398 e. The SMILES string of the molecule is FC1SC(F)C(C(F)(F)F)C1F. The van der Waals surface area contributed by atoms with Crippen molar-refractivity contribution in [2.24, 2.45) is 5.92 Å². The number of rotatable bonds is 0. The number of thioether (sulfide) groups is 1. The number of hydrogen-bond acceptors (Lipinski definition) is 1. The lowest BCUT2D eigenvalue weighted by Gasteiger charge is -2.17. The Labute approximate surface area is 68.3 Å². The van der Waals surface area contributed by atoms with Crippen LogP contribution >= 0.6 is 11.8 Å². The molecule has 0 radical (unpaired) electrons. The molecule has 0 bridgehead atoms. The fourth-order valence-corrected chi connectivity index (χ4v) is 1.96. The van der Waals surface area contributed by atoms with E-state index in [0.717, 1.165) is 0 Å². The van der Waals surface area contributed by atoms with Crippen molar-refractivity contribution in [2.45, 2.75) is 23.4 Å². The Bertz CT molecular complexity index is 168. The predicted octanol–water partition coefficient (Wildman–Crippen LogP) is 2.84. The smallest absolute Gasteiger partial charge is 0.242 e. The third-order valence-corrected chi connectivity index (χ3v) is 2.59. The van der Waals surface area contributed by atoms with E-state index in [-0.39, 0.29) is 11.8 Å². The highest BCUT2D eigenvalue weighted by molar-refractivity contribution is 8.00. The number of halogens is 6. The van der Waals surface area contributed by atoms with Crippen LogP contribution in [-0.4, -0.2) is 23.4 Å². The second-order valence-corrected chi connectivity index (χ2v) is 3.52. The quantitative estimate of drug-likeness (QED) is 0.554. The molecule has 0 aliphatic carbocycles. The molecule has 0 nitrogen and oxygen atoms in total. The second kappa shape index (κ2) is 3.01. The summed E-state index contributed by atoms with van der Waals surface area (Å²) in [6.07, 6.45) is -7.79. The molecule has 0 spiro atoms. The summed E-state index contributed by atoms with van der Waals surface area (Å²) in [6.45, 7) is 0. The van der Waals surface area contributed by atoms with Gasteiger partial charge in [0.05, 0.1) is 0 Å². The summed E-state index contributed by atoms with van der Waals surface area (Å²) in [5.74, 6) is -2.82. The van der Waals surface area contributed by atoms with Crippen LogP contribution in [0.15, 0.2) is 0 Å². The normalized spacial score (nSPS) is 43.5. The molecule has 0 aromatic carbocycles. The Morgan fingerprint density at radius 2 is 1.42 bits per heavy atom. The van der Waals surface area contributed by atoms with Gasteiger partial charge < -0.3 is 0 Å². The molecule has 0 aromatic rings. The molecule has 12 heavy (non-hydrogen) atoms. The van der Waals surface area contributed by atoms with Crippen LogP contribution in [0.3, 0.4) is 0 Å². The molecule has 0 amide bonds. The molecule has 1 aliphatic heterocycles. The molecule has 1 rings (SSSR count). The van der Waals surface area contributed by atoms with Gasteiger partial charge in [-0.1, -0.05) is 11.8 Å². The van der Waals surface area contributed by atoms with Crippen LogP contribution in [0.25, 0.3) is 0 Å². The van der Waals surface area contributed by atoms with Crippen molar-refractivity contribution in [1.29, 1.82) is 0 Å². The van der Waals surface area contributed by atoms with E-state index in [1.54, 1.807) is 0 Å². The van der Waals surface area contributed by atoms with Crippen molar-refractivity contribution in [3.8, 4) is 0 Å². The van der Waals surface area contributed by atoms with Crippen molar-refractivity contribution < 1.29 is 26.3 Å². The Balaban J connectivity index is 2.77. The lowest BCUT2D eigenvalue weighted by Crippen LogP contribution is -2.34. The van der Waals surface area contributed by atoms with Gasteiger partial charge in [0.1, 0.15) is 5.92 Å². The molecule has 7 heteroatoms. The molecule has 1 aliphatic rings. The maximum Gasteiger partial charge on any atom is 0.398 e. The Hall–Kier alpha value is -0.0700. The minimum Gasteiger partial charge on any atom is -0.242 e. The van der Waals surface area contributed by atoms with Crippen LogP contribution in [0.4, 0.5) is 26.3 Å². The maximum atomic E-state index is 12.4. The second-order valence-electron chi connectivity index (χ2n) is 2.35. The fourth-order valence-electron chi connectivity index (χ4n) is 0.921. The first kappa shape index (κ1) is 10.0. The summed E-state index contributed by atoms with van der Waals surface area (Å²) in [6, 6.07) is 0. The zero-order valence-electron chi connectivity index (χ0n) is 5.49. The van der Waals surface area contributed by atoms with E-state index in [2.05, 4.69) is 0 Å². The van der Waals surface area contributed by atoms with E-state index in [0.29, 0.717) is 0 Å². The van der Waals surface area contributed by atoms with Crippen LogP contribution in [-0.2, 0) is 0 Å². The van der Waals surface area contributed by atoms with Crippen LogP contribution in [0.2, 0.25) is 0 Å². The van der Waals surface area contributed by atoms with Crippen molar-refractivity contribution in [1.82, 2.24) is 0 Å². The standard InChI is InChI=1S/C5H4F6S/c6-2-1(5(9,10)11)3(7)12-4(2)8/h1-4H. The zero-order chi connectivity index (χ0) is 9.52. The topological polar surface area (TPSA) is 0 Å². The molecular weight excluding hydrogens is 206 g/mol. The molecule has 0 aromatic heterocycles. The van der Waals surface area contributed by atoms with Crippen molar-refractivity contribution in [3.05, 3.63) is 0 Å². The van der Waals surface area contributed by atoms with Gasteiger partial charge in [0.25, 0.3) is 0 Å². The Kier molecular flexibility index (Phi) is 2.51. The molecule has 0 N–H and O–H groups in total. The van der Waals surface area contributed by atoms with Gasteiger partial charge in [-0.3, -0.25) is 0 Å². The molecule has 1 fully saturated rings. The summed E-state index contributed by atoms with van der Waals surface area (Å²) in [5.41, 5.74) is -4.94. The van der Waals surface area contributed by atoms with Crippen LogP contribution in [0.5, 0.6) is 0 Å². The highest BCUT2D eigenvalue weighted by atomic mass is 32.2. The van der Waals surface area contributed by atoms with Crippen molar-refractivity contribution >= 4 is 11.8 Å². The first-order valence-corrected chi connectivity index (χ1v) is 3.92. The van der Waals surface area contributed by atoms with Gasteiger partial charge in [-0.2, -0.15) is 13.2 Å². The molecule has 4 unspecified atom stereocenters. The Morgan fingerprint density at radius 1 is 0.917 bits per heavy atom. The van der Waals surface area contributed by atoms with Crippen LogP contribution in [0.1, 0.15) is 0 Å². The Morgan fingerprint density at radius 3 is 1.58 bits per heavy atom. The van der Waals surface area contributed by atoms with E-state index in [1.165, 1.54) is 0 Å². The van der Waals surface area contributed by atoms with Gasteiger partial charge in [0.15, 0.2) is 17.2 Å². The van der Waals surface area contributed by atoms with Crippen LogP contribution in [0, 0.1) is 5.92 Å². The van der Waals surface area contributed by atoms with Gasteiger partial charge in [-0.25, -0.2) is 13.2 Å². The van der Waals surface area contributed by atoms with Crippen LogP contribution < -0.4 is 0 Å². The van der Waals surface area contributed by atoms with Gasteiger partial charge in [0, 0.05) is 0 Å². The van der Waals surface area contributed by atoms with Crippen molar-refractivity contribution in [3.63, 3.8) is 0 Å². The third-order valence-electron chi connectivity index (χ3n) is 1.51. The first-order valence-electron chi connectivity index (χ1n) is 2.98. The van der Waals surface area contributed by atoms with E-state index in [4.69, 9.17) is 0 Å². The summed E-state index contributed by atoms with van der Waals surface area (Å²) < 4.78 is 72.2. The van der Waals surface area contributed by atoms with Gasteiger partial charge in [0.2, 0.25) is 0 Å².